The summed E-state index contributed by atoms with van der Waals surface area (Å²) in [5, 5.41) is 9.23. The van der Waals surface area contributed by atoms with Crippen LogP contribution in [-0.4, -0.2) is 27.5 Å². The summed E-state index contributed by atoms with van der Waals surface area (Å²) >= 11 is 1.63. The number of nitrogens with one attached hydrogen (secondary N) is 1. The molecule has 0 radical (unpaired) electrons. The van der Waals surface area contributed by atoms with Gasteiger partial charge >= 0.3 is 0 Å². The van der Waals surface area contributed by atoms with Gasteiger partial charge in [0.1, 0.15) is 0 Å². The van der Waals surface area contributed by atoms with Crippen LogP contribution in [0.1, 0.15) is 34.9 Å². The highest BCUT2D eigenvalue weighted by Gasteiger charge is 2.31. The van der Waals surface area contributed by atoms with Crippen molar-refractivity contribution in [1.29, 1.82) is 0 Å². The van der Waals surface area contributed by atoms with E-state index in [-0.39, 0.29) is 11.9 Å². The van der Waals surface area contributed by atoms with Gasteiger partial charge in [0, 0.05) is 6.54 Å². The zero-order valence-electron chi connectivity index (χ0n) is 12.6. The summed E-state index contributed by atoms with van der Waals surface area (Å²) in [4.78, 5) is 15.9. The summed E-state index contributed by atoms with van der Waals surface area (Å²) in [5.41, 5.74) is 2.60. The van der Waals surface area contributed by atoms with Crippen molar-refractivity contribution in [2.24, 2.45) is 0 Å². The van der Waals surface area contributed by atoms with Crippen LogP contribution >= 0.6 is 11.3 Å². The van der Waals surface area contributed by atoms with Crippen LogP contribution < -0.4 is 0 Å². The van der Waals surface area contributed by atoms with Crippen LogP contribution in [0.3, 0.4) is 0 Å². The standard InChI is InChI=1S/C18H17N3OS/c22-18(15-12-14(19-20-15)17-9-5-11-23-17)21-10-4-8-16(21)13-6-2-1-3-7-13/h1-3,5-7,9,11-12,16H,4,8,10H2,(H,19,20). The Bertz CT molecular complexity index is 795. The van der Waals surface area contributed by atoms with Gasteiger partial charge in [-0.3, -0.25) is 9.89 Å². The Morgan fingerprint density at radius 2 is 2.09 bits per heavy atom. The van der Waals surface area contributed by atoms with Crippen molar-refractivity contribution in [2.75, 3.05) is 6.54 Å². The second kappa shape index (κ2) is 6.01. The third kappa shape index (κ3) is 2.68. The number of benzene rings is 1. The second-order valence-electron chi connectivity index (χ2n) is 5.71. The fraction of sp³-hybridized carbons (Fsp3) is 0.222. The molecular weight excluding hydrogens is 306 g/mol. The van der Waals surface area contributed by atoms with E-state index in [2.05, 4.69) is 22.3 Å². The predicted octanol–water partition coefficient (Wildman–Crippen LogP) is 4.12. The number of hydrogen-bond donors (Lipinski definition) is 1. The van der Waals surface area contributed by atoms with E-state index in [1.54, 1.807) is 11.3 Å². The maximum Gasteiger partial charge on any atom is 0.274 e. The zero-order chi connectivity index (χ0) is 15.6. The summed E-state index contributed by atoms with van der Waals surface area (Å²) in [7, 11) is 0. The molecule has 4 nitrogen and oxygen atoms in total. The molecule has 1 aromatic carbocycles. The maximum absolute atomic E-state index is 12.9. The van der Waals surface area contributed by atoms with E-state index in [9.17, 15) is 4.79 Å². The molecule has 23 heavy (non-hydrogen) atoms. The molecule has 116 valence electrons. The number of aromatic amines is 1. The van der Waals surface area contributed by atoms with Gasteiger partial charge in [0.2, 0.25) is 0 Å². The lowest BCUT2D eigenvalue weighted by atomic mass is 10.0. The van der Waals surface area contributed by atoms with Crippen molar-refractivity contribution in [3.05, 3.63) is 65.2 Å². The highest BCUT2D eigenvalue weighted by Crippen LogP contribution is 2.33. The highest BCUT2D eigenvalue weighted by molar-refractivity contribution is 7.13. The number of amides is 1. The molecule has 1 atom stereocenters. The lowest BCUT2D eigenvalue weighted by Crippen LogP contribution is -2.30. The fourth-order valence-electron chi connectivity index (χ4n) is 3.17. The van der Waals surface area contributed by atoms with Gasteiger partial charge in [0.05, 0.1) is 16.6 Å². The molecule has 1 amide bonds. The number of thiophene rings is 1. The Hall–Kier alpha value is -2.40. The summed E-state index contributed by atoms with van der Waals surface area (Å²) in [5.74, 6) is 0.00964. The van der Waals surface area contributed by atoms with Gasteiger partial charge in [-0.1, -0.05) is 36.4 Å². The highest BCUT2D eigenvalue weighted by atomic mass is 32.1. The second-order valence-corrected chi connectivity index (χ2v) is 6.66. The molecule has 0 saturated carbocycles. The molecule has 1 fully saturated rings. The number of H-pyrrole nitrogens is 1. The van der Waals surface area contributed by atoms with Gasteiger partial charge < -0.3 is 4.90 Å². The molecule has 0 bridgehead atoms. The van der Waals surface area contributed by atoms with Crippen molar-refractivity contribution >= 4 is 17.2 Å². The third-order valence-corrected chi connectivity index (χ3v) is 5.18. The molecule has 2 aromatic heterocycles. The van der Waals surface area contributed by atoms with Crippen molar-refractivity contribution in [2.45, 2.75) is 18.9 Å². The van der Waals surface area contributed by atoms with Crippen LogP contribution in [0.4, 0.5) is 0 Å². The van der Waals surface area contributed by atoms with Crippen LogP contribution in [0.2, 0.25) is 0 Å². The summed E-state index contributed by atoms with van der Waals surface area (Å²) in [6.45, 7) is 0.791. The monoisotopic (exact) mass is 323 g/mol. The average molecular weight is 323 g/mol. The van der Waals surface area contributed by atoms with Gasteiger partial charge in [-0.05, 0) is 35.9 Å². The number of carbonyl (C=O) groups is 1. The minimum absolute atomic E-state index is 0.00964. The molecular formula is C18H17N3OS. The Morgan fingerprint density at radius 1 is 1.22 bits per heavy atom. The number of likely N-dealkylation sites (tertiary alicyclic amines) is 1. The number of nitrogens with zero attached hydrogens (tertiary/aromatic N) is 2. The normalized spacial score (nSPS) is 17.6. The van der Waals surface area contributed by atoms with Crippen LogP contribution in [-0.2, 0) is 0 Å². The van der Waals surface area contributed by atoms with E-state index in [4.69, 9.17) is 0 Å². The minimum atomic E-state index is 0.00964. The van der Waals surface area contributed by atoms with Crippen molar-refractivity contribution in [1.82, 2.24) is 15.1 Å². The number of rotatable bonds is 3. The molecule has 3 heterocycles. The van der Waals surface area contributed by atoms with E-state index >= 15 is 0 Å². The molecule has 0 aliphatic carbocycles. The van der Waals surface area contributed by atoms with Crippen LogP contribution in [0.25, 0.3) is 10.6 Å². The average Bonchev–Trinajstić information content (AvgIpc) is 3.35. The van der Waals surface area contributed by atoms with E-state index in [0.29, 0.717) is 5.69 Å². The summed E-state index contributed by atoms with van der Waals surface area (Å²) < 4.78 is 0. The number of aromatic nitrogens is 2. The first-order chi connectivity index (χ1) is 11.3. The van der Waals surface area contributed by atoms with E-state index in [1.807, 2.05) is 46.7 Å². The van der Waals surface area contributed by atoms with Gasteiger partial charge in [-0.15, -0.1) is 11.3 Å². The first-order valence-corrected chi connectivity index (χ1v) is 8.66. The van der Waals surface area contributed by atoms with E-state index < -0.39 is 0 Å². The Labute approximate surface area is 138 Å². The van der Waals surface area contributed by atoms with Crippen LogP contribution in [0, 0.1) is 0 Å². The molecule has 3 aromatic rings. The van der Waals surface area contributed by atoms with Gasteiger partial charge in [-0.25, -0.2) is 0 Å². The van der Waals surface area contributed by atoms with Gasteiger partial charge in [0.15, 0.2) is 5.69 Å². The summed E-state index contributed by atoms with van der Waals surface area (Å²) in [6, 6.07) is 16.3. The Morgan fingerprint density at radius 3 is 2.87 bits per heavy atom. The van der Waals surface area contributed by atoms with E-state index in [1.165, 1.54) is 5.56 Å². The molecule has 1 aliphatic heterocycles. The Balaban J connectivity index is 1.59. The SMILES string of the molecule is O=C(c1cc(-c2cccs2)[nH]n1)N1CCCC1c1ccccc1. The van der Waals surface area contributed by atoms with E-state index in [0.717, 1.165) is 30.0 Å². The van der Waals surface area contributed by atoms with Crippen molar-refractivity contribution < 1.29 is 4.79 Å². The molecule has 1 saturated heterocycles. The van der Waals surface area contributed by atoms with Gasteiger partial charge in [0.25, 0.3) is 5.91 Å². The topological polar surface area (TPSA) is 49.0 Å². The Kier molecular flexibility index (Phi) is 3.71. The molecule has 5 heteroatoms. The molecule has 1 N–H and O–H groups in total. The van der Waals surface area contributed by atoms with Crippen molar-refractivity contribution in [3.63, 3.8) is 0 Å². The largest absolute Gasteiger partial charge is 0.330 e. The van der Waals surface area contributed by atoms with Crippen LogP contribution in [0.15, 0.2) is 53.9 Å². The van der Waals surface area contributed by atoms with Crippen molar-refractivity contribution in [3.8, 4) is 10.6 Å². The quantitative estimate of drug-likeness (QED) is 0.788. The third-order valence-electron chi connectivity index (χ3n) is 4.28. The lowest BCUT2D eigenvalue weighted by molar-refractivity contribution is 0.0729. The molecule has 1 unspecified atom stereocenters. The van der Waals surface area contributed by atoms with Gasteiger partial charge in [-0.2, -0.15) is 5.10 Å². The summed E-state index contributed by atoms with van der Waals surface area (Å²) in [6.07, 6.45) is 2.05. The molecule has 4 rings (SSSR count). The smallest absolute Gasteiger partial charge is 0.274 e. The molecule has 0 spiro atoms. The number of carbonyl (C=O) groups excluding carboxylic acids is 1. The first kappa shape index (κ1) is 14.2. The lowest BCUT2D eigenvalue weighted by Gasteiger charge is -2.24. The fourth-order valence-corrected chi connectivity index (χ4v) is 3.86. The zero-order valence-corrected chi connectivity index (χ0v) is 13.4. The number of hydrogen-bond acceptors (Lipinski definition) is 3. The van der Waals surface area contributed by atoms with Crippen LogP contribution in [0.5, 0.6) is 0 Å². The first-order valence-electron chi connectivity index (χ1n) is 7.78. The minimum Gasteiger partial charge on any atom is -0.330 e. The molecule has 1 aliphatic rings. The maximum atomic E-state index is 12.9. The predicted molar refractivity (Wildman–Crippen MR) is 91.4 cm³/mol.